The molecule has 0 aliphatic rings. The molecular weight excluding hydrogens is 305 g/mol. The fraction of sp³-hybridized carbons (Fsp3) is 0.125. The molecule has 3 rings (SSSR count). The highest BCUT2D eigenvalue weighted by molar-refractivity contribution is 5.64. The lowest BCUT2D eigenvalue weighted by Gasteiger charge is -2.06. The van der Waals surface area contributed by atoms with Crippen LogP contribution in [0.5, 0.6) is 0 Å². The van der Waals surface area contributed by atoms with Crippen molar-refractivity contribution < 1.29 is 13.2 Å². The zero-order valence-corrected chi connectivity index (χ0v) is 12.1. The monoisotopic (exact) mass is 318 g/mol. The minimum Gasteiger partial charge on any atom is -0.399 e. The molecule has 2 aromatic carbocycles. The number of alkyl halides is 3. The van der Waals surface area contributed by atoms with E-state index in [4.69, 9.17) is 5.73 Å². The number of aromatic nitrogens is 3. The maximum atomic E-state index is 12.6. The van der Waals surface area contributed by atoms with Gasteiger partial charge in [-0.1, -0.05) is 12.1 Å². The van der Waals surface area contributed by atoms with E-state index in [2.05, 4.69) is 15.2 Å². The number of halogens is 3. The summed E-state index contributed by atoms with van der Waals surface area (Å²) in [6.07, 6.45) is -4.35. The first-order chi connectivity index (χ1) is 10.8. The lowest BCUT2D eigenvalue weighted by Crippen LogP contribution is -2.04. The minimum absolute atomic E-state index is 0.406. The Kier molecular flexibility index (Phi) is 3.55. The van der Waals surface area contributed by atoms with E-state index >= 15 is 0 Å². The van der Waals surface area contributed by atoms with Crippen LogP contribution in [0.3, 0.4) is 0 Å². The second-order valence-electron chi connectivity index (χ2n) is 5.15. The molecule has 0 aliphatic heterocycles. The highest BCUT2D eigenvalue weighted by atomic mass is 19.4. The van der Waals surface area contributed by atoms with Gasteiger partial charge in [0, 0.05) is 16.8 Å². The normalized spacial score (nSPS) is 11.7. The number of hydrogen-bond donors (Lipinski definition) is 2. The van der Waals surface area contributed by atoms with Crippen LogP contribution in [0.1, 0.15) is 11.1 Å². The minimum atomic E-state index is -4.35. The molecule has 1 heterocycles. The number of anilines is 1. The molecule has 0 unspecified atom stereocenters. The van der Waals surface area contributed by atoms with Crippen LogP contribution in [-0.4, -0.2) is 15.2 Å². The van der Waals surface area contributed by atoms with E-state index in [1.54, 1.807) is 12.1 Å². The van der Waals surface area contributed by atoms with Crippen molar-refractivity contribution >= 4 is 5.69 Å². The molecule has 0 bridgehead atoms. The van der Waals surface area contributed by atoms with Crippen molar-refractivity contribution in [3.63, 3.8) is 0 Å². The summed E-state index contributed by atoms with van der Waals surface area (Å²) < 4.78 is 37.7. The summed E-state index contributed by atoms with van der Waals surface area (Å²) in [6, 6.07) is 10.2. The highest BCUT2D eigenvalue weighted by Crippen LogP contribution is 2.30. The second-order valence-corrected chi connectivity index (χ2v) is 5.15. The van der Waals surface area contributed by atoms with Gasteiger partial charge < -0.3 is 5.73 Å². The molecule has 0 radical (unpaired) electrons. The number of rotatable bonds is 2. The van der Waals surface area contributed by atoms with Crippen molar-refractivity contribution in [1.82, 2.24) is 15.2 Å². The van der Waals surface area contributed by atoms with Crippen molar-refractivity contribution in [2.24, 2.45) is 0 Å². The van der Waals surface area contributed by atoms with Crippen LogP contribution >= 0.6 is 0 Å². The van der Waals surface area contributed by atoms with Gasteiger partial charge in [0.15, 0.2) is 11.6 Å². The fourth-order valence-electron chi connectivity index (χ4n) is 2.15. The highest BCUT2D eigenvalue weighted by Gasteiger charge is 2.30. The third kappa shape index (κ3) is 3.03. The van der Waals surface area contributed by atoms with Gasteiger partial charge in [-0.3, -0.25) is 5.10 Å². The van der Waals surface area contributed by atoms with Crippen molar-refractivity contribution in [3.8, 4) is 22.8 Å². The number of H-pyrrole nitrogens is 1. The van der Waals surface area contributed by atoms with Crippen molar-refractivity contribution in [2.75, 3.05) is 5.73 Å². The Labute approximate surface area is 130 Å². The van der Waals surface area contributed by atoms with E-state index in [1.165, 1.54) is 12.1 Å². The molecule has 3 aromatic rings. The Hall–Kier alpha value is -2.83. The van der Waals surface area contributed by atoms with Gasteiger partial charge in [-0.2, -0.15) is 18.3 Å². The number of aromatic amines is 1. The van der Waals surface area contributed by atoms with E-state index in [-0.39, 0.29) is 0 Å². The predicted molar refractivity (Wildman–Crippen MR) is 81.4 cm³/mol. The molecular formula is C16H13F3N4. The van der Waals surface area contributed by atoms with Gasteiger partial charge in [0.2, 0.25) is 0 Å². The Morgan fingerprint density at radius 3 is 2.26 bits per heavy atom. The summed E-state index contributed by atoms with van der Waals surface area (Å²) in [6.45, 7) is 1.88. The average molecular weight is 318 g/mol. The molecule has 0 spiro atoms. The third-order valence-electron chi connectivity index (χ3n) is 3.50. The average Bonchev–Trinajstić information content (AvgIpc) is 2.99. The summed E-state index contributed by atoms with van der Waals surface area (Å²) in [4.78, 5) is 4.32. The summed E-state index contributed by atoms with van der Waals surface area (Å²) in [5, 5.41) is 6.84. The van der Waals surface area contributed by atoms with Crippen LogP contribution in [0.15, 0.2) is 42.5 Å². The summed E-state index contributed by atoms with van der Waals surface area (Å²) in [5.74, 6) is 0.867. The van der Waals surface area contributed by atoms with Crippen LogP contribution in [0, 0.1) is 6.92 Å². The lowest BCUT2D eigenvalue weighted by molar-refractivity contribution is -0.137. The molecule has 0 saturated carbocycles. The van der Waals surface area contributed by atoms with Gasteiger partial charge in [-0.05, 0) is 42.8 Å². The second kappa shape index (κ2) is 5.42. The topological polar surface area (TPSA) is 67.6 Å². The number of nitrogens with one attached hydrogen (secondary N) is 1. The number of nitrogens with zero attached hydrogens (tertiary/aromatic N) is 2. The standard InChI is InChI=1S/C16H13F3N4/c1-9-8-11(4-7-13(9)20)15-21-14(22-23-15)10-2-5-12(6-3-10)16(17,18)19/h2-8H,20H2,1H3,(H,21,22,23). The van der Waals surface area contributed by atoms with Gasteiger partial charge >= 0.3 is 6.18 Å². The number of nitrogen functional groups attached to an aromatic ring is 1. The van der Waals surface area contributed by atoms with Crippen LogP contribution in [-0.2, 0) is 6.18 Å². The molecule has 0 saturated heterocycles. The zero-order valence-electron chi connectivity index (χ0n) is 12.1. The molecule has 118 valence electrons. The molecule has 4 nitrogen and oxygen atoms in total. The molecule has 0 atom stereocenters. The molecule has 0 fully saturated rings. The number of benzene rings is 2. The van der Waals surface area contributed by atoms with Crippen LogP contribution < -0.4 is 5.73 Å². The summed E-state index contributed by atoms with van der Waals surface area (Å²) in [7, 11) is 0. The Morgan fingerprint density at radius 1 is 1.00 bits per heavy atom. The number of aryl methyl sites for hydroxylation is 1. The summed E-state index contributed by atoms with van der Waals surface area (Å²) in [5.41, 5.74) is 7.97. The van der Waals surface area contributed by atoms with Gasteiger partial charge in [-0.25, -0.2) is 4.98 Å². The molecule has 3 N–H and O–H groups in total. The van der Waals surface area contributed by atoms with Gasteiger partial charge in [-0.15, -0.1) is 0 Å². The quantitative estimate of drug-likeness (QED) is 0.701. The van der Waals surface area contributed by atoms with E-state index in [1.807, 2.05) is 13.0 Å². The number of nitrogens with two attached hydrogens (primary N) is 1. The Morgan fingerprint density at radius 2 is 1.65 bits per heavy atom. The largest absolute Gasteiger partial charge is 0.416 e. The molecule has 23 heavy (non-hydrogen) atoms. The van der Waals surface area contributed by atoms with Crippen molar-refractivity contribution in [2.45, 2.75) is 13.1 Å². The molecule has 0 amide bonds. The lowest BCUT2D eigenvalue weighted by atomic mass is 10.1. The van der Waals surface area contributed by atoms with Gasteiger partial charge in [0.05, 0.1) is 5.56 Å². The maximum absolute atomic E-state index is 12.6. The van der Waals surface area contributed by atoms with E-state index in [0.29, 0.717) is 22.9 Å². The van der Waals surface area contributed by atoms with E-state index in [9.17, 15) is 13.2 Å². The van der Waals surface area contributed by atoms with Crippen LogP contribution in [0.25, 0.3) is 22.8 Å². The predicted octanol–water partition coefficient (Wildman–Crippen LogP) is 4.05. The summed E-state index contributed by atoms with van der Waals surface area (Å²) >= 11 is 0. The molecule has 1 aromatic heterocycles. The van der Waals surface area contributed by atoms with E-state index in [0.717, 1.165) is 23.3 Å². The SMILES string of the molecule is Cc1cc(-c2n[nH]c(-c3ccc(C(F)(F)F)cc3)n2)ccc1N. The molecule has 7 heteroatoms. The van der Waals surface area contributed by atoms with Crippen LogP contribution in [0.4, 0.5) is 18.9 Å². The van der Waals surface area contributed by atoms with Gasteiger partial charge in [0.1, 0.15) is 0 Å². The maximum Gasteiger partial charge on any atom is 0.416 e. The number of hydrogen-bond acceptors (Lipinski definition) is 3. The zero-order chi connectivity index (χ0) is 16.6. The van der Waals surface area contributed by atoms with E-state index < -0.39 is 11.7 Å². The van der Waals surface area contributed by atoms with Crippen molar-refractivity contribution in [1.29, 1.82) is 0 Å². The Balaban J connectivity index is 1.91. The van der Waals surface area contributed by atoms with Gasteiger partial charge in [0.25, 0.3) is 0 Å². The first kappa shape index (κ1) is 15.1. The first-order valence-electron chi connectivity index (χ1n) is 6.81. The van der Waals surface area contributed by atoms with Crippen LogP contribution in [0.2, 0.25) is 0 Å². The third-order valence-corrected chi connectivity index (χ3v) is 3.50. The first-order valence-corrected chi connectivity index (χ1v) is 6.81. The smallest absolute Gasteiger partial charge is 0.399 e. The van der Waals surface area contributed by atoms with Crippen molar-refractivity contribution in [3.05, 3.63) is 53.6 Å². The fourth-order valence-corrected chi connectivity index (χ4v) is 2.15. The Bertz CT molecular complexity index is 835. The molecule has 0 aliphatic carbocycles.